The summed E-state index contributed by atoms with van der Waals surface area (Å²) >= 11 is 0. The summed E-state index contributed by atoms with van der Waals surface area (Å²) in [6, 6.07) is 13.6. The summed E-state index contributed by atoms with van der Waals surface area (Å²) < 4.78 is 13.5. The number of carbonyl (C=O) groups excluding carboxylic acids is 1. The number of rotatable bonds is 6. The molecule has 4 nitrogen and oxygen atoms in total. The SMILES string of the molecule is NC(=O)c1ccc(F)c(CNOCc2ccccc2)c1. The average Bonchev–Trinajstić information content (AvgIpc) is 2.46. The second-order valence-electron chi connectivity index (χ2n) is 4.27. The quantitative estimate of drug-likeness (QED) is 0.626. The van der Waals surface area contributed by atoms with E-state index in [1.807, 2.05) is 30.3 Å². The van der Waals surface area contributed by atoms with Crippen LogP contribution in [0.2, 0.25) is 0 Å². The van der Waals surface area contributed by atoms with Crippen molar-refractivity contribution in [1.29, 1.82) is 0 Å². The molecule has 5 heteroatoms. The monoisotopic (exact) mass is 274 g/mol. The molecule has 0 saturated heterocycles. The van der Waals surface area contributed by atoms with Crippen molar-refractivity contribution < 1.29 is 14.0 Å². The number of nitrogens with two attached hydrogens (primary N) is 1. The molecule has 0 bridgehead atoms. The minimum absolute atomic E-state index is 0.153. The van der Waals surface area contributed by atoms with Crippen LogP contribution in [0, 0.1) is 5.82 Å². The zero-order valence-electron chi connectivity index (χ0n) is 10.8. The highest BCUT2D eigenvalue weighted by atomic mass is 19.1. The molecular formula is C15H15FN2O2. The highest BCUT2D eigenvalue weighted by Gasteiger charge is 2.06. The predicted molar refractivity (Wildman–Crippen MR) is 73.0 cm³/mol. The van der Waals surface area contributed by atoms with Gasteiger partial charge in [0.15, 0.2) is 0 Å². The number of primary amides is 1. The van der Waals surface area contributed by atoms with Crippen molar-refractivity contribution in [2.24, 2.45) is 5.73 Å². The van der Waals surface area contributed by atoms with Crippen LogP contribution in [0.15, 0.2) is 48.5 Å². The minimum atomic E-state index is -0.587. The Bertz CT molecular complexity index is 588. The maximum absolute atomic E-state index is 13.5. The summed E-state index contributed by atoms with van der Waals surface area (Å²) in [5.74, 6) is -0.998. The molecule has 2 aromatic rings. The summed E-state index contributed by atoms with van der Waals surface area (Å²) in [4.78, 5) is 16.3. The van der Waals surface area contributed by atoms with Crippen molar-refractivity contribution in [1.82, 2.24) is 5.48 Å². The second kappa shape index (κ2) is 6.79. The lowest BCUT2D eigenvalue weighted by molar-refractivity contribution is 0.0229. The Morgan fingerprint density at radius 2 is 1.95 bits per heavy atom. The van der Waals surface area contributed by atoms with Gasteiger partial charge in [-0.25, -0.2) is 4.39 Å². The molecule has 0 spiro atoms. The van der Waals surface area contributed by atoms with Gasteiger partial charge in [0.2, 0.25) is 5.91 Å². The molecular weight excluding hydrogens is 259 g/mol. The van der Waals surface area contributed by atoms with Gasteiger partial charge in [-0.15, -0.1) is 0 Å². The number of hydroxylamine groups is 1. The van der Waals surface area contributed by atoms with Crippen LogP contribution in [0.4, 0.5) is 4.39 Å². The zero-order chi connectivity index (χ0) is 14.4. The van der Waals surface area contributed by atoms with E-state index in [9.17, 15) is 9.18 Å². The lowest BCUT2D eigenvalue weighted by Gasteiger charge is -2.08. The van der Waals surface area contributed by atoms with Gasteiger partial charge in [-0.1, -0.05) is 30.3 Å². The first kappa shape index (κ1) is 14.2. The molecule has 2 aromatic carbocycles. The number of hydrogen-bond donors (Lipinski definition) is 2. The standard InChI is InChI=1S/C15H15FN2O2/c16-14-7-6-12(15(17)19)8-13(14)9-18-20-10-11-4-2-1-3-5-11/h1-8,18H,9-10H2,(H2,17,19). The summed E-state index contributed by atoms with van der Waals surface area (Å²) in [6.07, 6.45) is 0. The molecule has 0 aliphatic carbocycles. The molecule has 0 saturated carbocycles. The van der Waals surface area contributed by atoms with Crippen molar-refractivity contribution >= 4 is 5.91 Å². The fourth-order valence-corrected chi connectivity index (χ4v) is 1.70. The number of halogens is 1. The molecule has 1 amide bonds. The van der Waals surface area contributed by atoms with Gasteiger partial charge < -0.3 is 5.73 Å². The Kier molecular flexibility index (Phi) is 4.81. The first-order valence-electron chi connectivity index (χ1n) is 6.13. The third-order valence-electron chi connectivity index (χ3n) is 2.78. The first-order valence-corrected chi connectivity index (χ1v) is 6.13. The Labute approximate surface area is 116 Å². The number of hydrogen-bond acceptors (Lipinski definition) is 3. The van der Waals surface area contributed by atoms with Crippen molar-refractivity contribution in [3.63, 3.8) is 0 Å². The number of carbonyl (C=O) groups is 1. The van der Waals surface area contributed by atoms with Crippen LogP contribution in [0.25, 0.3) is 0 Å². The predicted octanol–water partition coefficient (Wildman–Crippen LogP) is 2.15. The van der Waals surface area contributed by atoms with Gasteiger partial charge in [0, 0.05) is 17.7 Å². The normalized spacial score (nSPS) is 10.4. The molecule has 3 N–H and O–H groups in total. The second-order valence-corrected chi connectivity index (χ2v) is 4.27. The zero-order valence-corrected chi connectivity index (χ0v) is 10.8. The molecule has 0 fully saturated rings. The van der Waals surface area contributed by atoms with E-state index < -0.39 is 11.7 Å². The number of nitrogens with one attached hydrogen (secondary N) is 1. The maximum atomic E-state index is 13.5. The smallest absolute Gasteiger partial charge is 0.248 e. The van der Waals surface area contributed by atoms with Gasteiger partial charge in [-0.05, 0) is 23.8 Å². The maximum Gasteiger partial charge on any atom is 0.248 e. The average molecular weight is 274 g/mol. The van der Waals surface area contributed by atoms with E-state index in [1.54, 1.807) is 0 Å². The highest BCUT2D eigenvalue weighted by Crippen LogP contribution is 2.10. The van der Waals surface area contributed by atoms with Crippen LogP contribution in [0.1, 0.15) is 21.5 Å². The summed E-state index contributed by atoms with van der Waals surface area (Å²) in [7, 11) is 0. The van der Waals surface area contributed by atoms with Gasteiger partial charge in [-0.3, -0.25) is 9.63 Å². The van der Waals surface area contributed by atoms with Gasteiger partial charge in [0.05, 0.1) is 6.61 Å². The van der Waals surface area contributed by atoms with Crippen molar-refractivity contribution in [2.45, 2.75) is 13.2 Å². The van der Waals surface area contributed by atoms with Gasteiger partial charge in [0.1, 0.15) is 5.82 Å². The largest absolute Gasteiger partial charge is 0.366 e. The van der Waals surface area contributed by atoms with Crippen molar-refractivity contribution in [2.75, 3.05) is 0 Å². The van der Waals surface area contributed by atoms with Gasteiger partial charge in [-0.2, -0.15) is 5.48 Å². The van der Waals surface area contributed by atoms with E-state index in [1.165, 1.54) is 18.2 Å². The number of amides is 1. The molecule has 0 radical (unpaired) electrons. The molecule has 0 heterocycles. The first-order chi connectivity index (χ1) is 9.66. The fraction of sp³-hybridized carbons (Fsp3) is 0.133. The van der Waals surface area contributed by atoms with E-state index in [4.69, 9.17) is 10.6 Å². The van der Waals surface area contributed by atoms with Crippen LogP contribution >= 0.6 is 0 Å². The lowest BCUT2D eigenvalue weighted by atomic mass is 10.1. The Morgan fingerprint density at radius 3 is 2.65 bits per heavy atom. The highest BCUT2D eigenvalue weighted by molar-refractivity contribution is 5.92. The molecule has 2 rings (SSSR count). The summed E-state index contributed by atoms with van der Waals surface area (Å²) in [5.41, 5.74) is 9.42. The third kappa shape index (κ3) is 3.88. The van der Waals surface area contributed by atoms with E-state index in [2.05, 4.69) is 5.48 Å². The molecule has 104 valence electrons. The summed E-state index contributed by atoms with van der Waals surface area (Å²) in [6.45, 7) is 0.526. The van der Waals surface area contributed by atoms with Crippen LogP contribution in [-0.2, 0) is 18.0 Å². The fourth-order valence-electron chi connectivity index (χ4n) is 1.70. The number of benzene rings is 2. The van der Waals surface area contributed by atoms with E-state index in [0.717, 1.165) is 5.56 Å². The van der Waals surface area contributed by atoms with Crippen LogP contribution in [0.5, 0.6) is 0 Å². The Morgan fingerprint density at radius 1 is 1.20 bits per heavy atom. The Hall–Kier alpha value is -2.24. The van der Waals surface area contributed by atoms with Gasteiger partial charge >= 0.3 is 0 Å². The molecule has 0 atom stereocenters. The molecule has 0 aliphatic heterocycles. The lowest BCUT2D eigenvalue weighted by Crippen LogP contribution is -2.16. The Balaban J connectivity index is 1.88. The van der Waals surface area contributed by atoms with Crippen molar-refractivity contribution in [3.8, 4) is 0 Å². The van der Waals surface area contributed by atoms with Crippen LogP contribution in [-0.4, -0.2) is 5.91 Å². The van der Waals surface area contributed by atoms with Crippen LogP contribution < -0.4 is 11.2 Å². The van der Waals surface area contributed by atoms with Crippen molar-refractivity contribution in [3.05, 3.63) is 71.0 Å². The van der Waals surface area contributed by atoms with E-state index in [0.29, 0.717) is 12.2 Å². The summed E-state index contributed by atoms with van der Waals surface area (Å²) in [5, 5.41) is 0. The molecule has 20 heavy (non-hydrogen) atoms. The van der Waals surface area contributed by atoms with Gasteiger partial charge in [0.25, 0.3) is 0 Å². The minimum Gasteiger partial charge on any atom is -0.366 e. The molecule has 0 unspecified atom stereocenters. The third-order valence-corrected chi connectivity index (χ3v) is 2.78. The molecule has 0 aliphatic rings. The van der Waals surface area contributed by atoms with E-state index in [-0.39, 0.29) is 12.1 Å². The van der Waals surface area contributed by atoms with Crippen LogP contribution in [0.3, 0.4) is 0 Å². The topological polar surface area (TPSA) is 64.4 Å². The molecule has 0 aromatic heterocycles. The van der Waals surface area contributed by atoms with E-state index >= 15 is 0 Å².